The van der Waals surface area contributed by atoms with Crippen molar-refractivity contribution >= 4 is 17.4 Å². The van der Waals surface area contributed by atoms with Gasteiger partial charge >= 0.3 is 0 Å². The van der Waals surface area contributed by atoms with Crippen LogP contribution in [0.3, 0.4) is 0 Å². The molecule has 0 saturated carbocycles. The van der Waals surface area contributed by atoms with Crippen molar-refractivity contribution in [2.45, 2.75) is 6.92 Å². The van der Waals surface area contributed by atoms with Crippen LogP contribution in [0.4, 0.5) is 0 Å². The average Bonchev–Trinajstić information content (AvgIpc) is 2.56. The molecule has 0 bridgehead atoms. The van der Waals surface area contributed by atoms with Crippen molar-refractivity contribution in [3.63, 3.8) is 0 Å². The maximum Gasteiger partial charge on any atom is 0.0650 e. The highest BCUT2D eigenvalue weighted by molar-refractivity contribution is 7.10. The fourth-order valence-corrected chi connectivity index (χ4v) is 1.29. The van der Waals surface area contributed by atoms with E-state index in [4.69, 9.17) is 6.11 Å². The van der Waals surface area contributed by atoms with Crippen LogP contribution in [0.25, 0.3) is 6.05 Å². The highest BCUT2D eigenvalue weighted by Gasteiger charge is 1.83. The molecule has 0 radical (unpaired) electrons. The quantitative estimate of drug-likeness (QED) is 0.630. The van der Waals surface area contributed by atoms with Crippen LogP contribution in [-0.4, -0.2) is 13.2 Å². The van der Waals surface area contributed by atoms with Crippen LogP contribution >= 0.6 is 11.3 Å². The van der Waals surface area contributed by atoms with Crippen LogP contribution in [0.5, 0.6) is 0 Å². The summed E-state index contributed by atoms with van der Waals surface area (Å²) in [5, 5.41) is 1.97. The van der Waals surface area contributed by atoms with Gasteiger partial charge in [0.05, 0.1) is 7.98 Å². The summed E-state index contributed by atoms with van der Waals surface area (Å²) in [7, 11) is 0. The van der Waals surface area contributed by atoms with Crippen LogP contribution in [-0.2, 0) is 4.74 Å². The molecule has 1 aromatic heterocycles. The van der Waals surface area contributed by atoms with E-state index in [1.165, 1.54) is 0 Å². The Bertz CT molecular complexity index is 241. The molecular formula is C9H12OS. The molecule has 1 nitrogen and oxygen atoms in total. The van der Waals surface area contributed by atoms with Gasteiger partial charge in [-0.1, -0.05) is 12.1 Å². The average molecular weight is 169 g/mol. The molecule has 0 atom stereocenters. The van der Waals surface area contributed by atoms with Crippen molar-refractivity contribution in [2.24, 2.45) is 0 Å². The molecule has 1 heterocycles. The van der Waals surface area contributed by atoms with Crippen LogP contribution < -0.4 is 0 Å². The van der Waals surface area contributed by atoms with Gasteiger partial charge in [-0.25, -0.2) is 0 Å². The highest BCUT2D eigenvalue weighted by Crippen LogP contribution is 2.09. The van der Waals surface area contributed by atoms with Crippen LogP contribution in [0.2, 0.25) is 0 Å². The van der Waals surface area contributed by atoms with E-state index in [1.54, 1.807) is 17.4 Å². The number of ether oxygens (including phenoxy) is 1. The molecule has 2 heteroatoms. The Morgan fingerprint density at radius 3 is 3.36 bits per heavy atom. The zero-order chi connectivity index (χ0) is 8.81. The predicted octanol–water partition coefficient (Wildman–Crippen LogP) is 2.80. The molecule has 0 spiro atoms. The van der Waals surface area contributed by atoms with E-state index >= 15 is 0 Å². The fraction of sp³-hybridized carbons (Fsp3) is 0.333. The largest absolute Gasteiger partial charge is 0.378 e. The van der Waals surface area contributed by atoms with E-state index < -0.39 is 0 Å². The van der Waals surface area contributed by atoms with Gasteiger partial charge in [-0.2, -0.15) is 0 Å². The van der Waals surface area contributed by atoms with Crippen LogP contribution in [0.15, 0.2) is 23.6 Å². The minimum atomic E-state index is 0.535. The summed E-state index contributed by atoms with van der Waals surface area (Å²) in [6, 6.07) is 4.44. The Hall–Kier alpha value is -0.600. The molecule has 60 valence electrons. The highest BCUT2D eigenvalue weighted by atomic mass is 32.1. The van der Waals surface area contributed by atoms with Gasteiger partial charge in [0.25, 0.3) is 0 Å². The Morgan fingerprint density at radius 2 is 2.73 bits per heavy atom. The Kier molecular flexibility index (Phi) is 3.28. The van der Waals surface area contributed by atoms with Gasteiger partial charge in [-0.15, -0.1) is 11.3 Å². The Balaban J connectivity index is 2.47. The van der Waals surface area contributed by atoms with Crippen molar-refractivity contribution in [1.82, 2.24) is 0 Å². The lowest BCUT2D eigenvalue weighted by Gasteiger charge is -1.91. The third kappa shape index (κ3) is 3.35. The normalized spacial score (nSPS) is 13.2. The van der Waals surface area contributed by atoms with Crippen molar-refractivity contribution in [1.29, 1.82) is 0 Å². The molecule has 0 saturated heterocycles. The lowest BCUT2D eigenvalue weighted by Crippen LogP contribution is -1.87. The summed E-state index contributed by atoms with van der Waals surface area (Å²) in [6.45, 7) is 3.18. The first-order valence-electron chi connectivity index (χ1n) is 4.13. The topological polar surface area (TPSA) is 9.23 Å². The van der Waals surface area contributed by atoms with Crippen molar-refractivity contribution in [2.75, 3.05) is 13.2 Å². The molecule has 0 N–H and O–H groups in total. The maximum absolute atomic E-state index is 7.60. The zero-order valence-corrected chi connectivity index (χ0v) is 7.36. The summed E-state index contributed by atoms with van der Waals surface area (Å²) >= 11 is 1.58. The third-order valence-corrected chi connectivity index (χ3v) is 1.97. The molecule has 0 aliphatic rings. The zero-order valence-electron chi connectivity index (χ0n) is 7.54. The van der Waals surface area contributed by atoms with E-state index in [0.717, 1.165) is 4.88 Å². The van der Waals surface area contributed by atoms with Gasteiger partial charge in [0.2, 0.25) is 0 Å². The van der Waals surface area contributed by atoms with Crippen molar-refractivity contribution < 1.29 is 6.11 Å². The van der Waals surface area contributed by atoms with Gasteiger partial charge in [0.1, 0.15) is 0 Å². The second-order valence-electron chi connectivity index (χ2n) is 1.99. The minimum Gasteiger partial charge on any atom is -0.378 e. The third-order valence-electron chi connectivity index (χ3n) is 1.17. The molecule has 0 fully saturated rings. The van der Waals surface area contributed by atoms with E-state index in [0.29, 0.717) is 19.3 Å². The predicted molar refractivity (Wildman–Crippen MR) is 49.8 cm³/mol. The molecule has 0 aliphatic carbocycles. The first-order chi connectivity index (χ1) is 5.84. The van der Waals surface area contributed by atoms with Crippen LogP contribution in [0.1, 0.15) is 13.2 Å². The molecule has 11 heavy (non-hydrogen) atoms. The minimum absolute atomic E-state index is 0.535. The number of thiophene rings is 1. The Labute approximate surface area is 72.7 Å². The first kappa shape index (κ1) is 7.07. The SMILES string of the molecule is [2H]/C(=C\COCC)c1cccs1. The second-order valence-corrected chi connectivity index (χ2v) is 2.93. The standard InChI is InChI=1S/C9H12OS/c1-2-10-7-3-5-9-6-4-8-11-9/h3-6,8H,2,7H2,1H3/b5-3+/i5D. The van der Waals surface area contributed by atoms with E-state index in [-0.39, 0.29) is 0 Å². The summed E-state index contributed by atoms with van der Waals surface area (Å²) < 4.78 is 12.7. The molecule has 1 rings (SSSR count). The van der Waals surface area contributed by atoms with Gasteiger partial charge < -0.3 is 4.74 Å². The molecule has 1 aromatic rings. The lowest BCUT2D eigenvalue weighted by atomic mass is 10.4. The lowest BCUT2D eigenvalue weighted by molar-refractivity contribution is 0.178. The molecular weight excluding hydrogens is 156 g/mol. The molecule has 0 aromatic carbocycles. The first-order valence-corrected chi connectivity index (χ1v) is 4.51. The second kappa shape index (κ2) is 5.10. The summed E-state index contributed by atoms with van der Waals surface area (Å²) in [5.41, 5.74) is 0. The monoisotopic (exact) mass is 169 g/mol. The molecule has 0 aliphatic heterocycles. The van der Waals surface area contributed by atoms with Gasteiger partial charge in [-0.3, -0.25) is 0 Å². The molecule has 0 unspecified atom stereocenters. The summed E-state index contributed by atoms with van der Waals surface area (Å²) in [5.74, 6) is 0. The van der Waals surface area contributed by atoms with Gasteiger partial charge in [0, 0.05) is 11.5 Å². The van der Waals surface area contributed by atoms with E-state index in [1.807, 2.05) is 24.4 Å². The Morgan fingerprint density at radius 1 is 1.82 bits per heavy atom. The molecule has 0 amide bonds. The summed E-state index contributed by atoms with van der Waals surface area (Å²) in [4.78, 5) is 0.995. The number of rotatable bonds is 4. The van der Waals surface area contributed by atoms with Gasteiger partial charge in [-0.05, 0) is 24.4 Å². The summed E-state index contributed by atoms with van der Waals surface area (Å²) in [6.07, 6.45) is 1.79. The number of hydrogen-bond acceptors (Lipinski definition) is 2. The number of hydrogen-bond donors (Lipinski definition) is 0. The van der Waals surface area contributed by atoms with E-state index in [2.05, 4.69) is 0 Å². The maximum atomic E-state index is 7.60. The van der Waals surface area contributed by atoms with Crippen LogP contribution in [0, 0.1) is 0 Å². The van der Waals surface area contributed by atoms with E-state index in [9.17, 15) is 0 Å². The van der Waals surface area contributed by atoms with Crippen molar-refractivity contribution in [3.05, 3.63) is 28.5 Å². The van der Waals surface area contributed by atoms with Crippen molar-refractivity contribution in [3.8, 4) is 0 Å². The fourth-order valence-electron chi connectivity index (χ4n) is 0.680. The smallest absolute Gasteiger partial charge is 0.0650 e. The van der Waals surface area contributed by atoms with Gasteiger partial charge in [0.15, 0.2) is 0 Å².